The Kier molecular flexibility index (Phi) is 10.1. The number of likely N-dealkylation sites (tertiary alicyclic amines) is 1. The van der Waals surface area contributed by atoms with Gasteiger partial charge < -0.3 is 25.6 Å². The minimum atomic E-state index is -0.372. The van der Waals surface area contributed by atoms with E-state index in [1.54, 1.807) is 13.1 Å². The second-order valence-electron chi connectivity index (χ2n) is 11.2. The summed E-state index contributed by atoms with van der Waals surface area (Å²) in [7, 11) is 0. The maximum absolute atomic E-state index is 12.2. The van der Waals surface area contributed by atoms with Crippen molar-refractivity contribution >= 4 is 35.1 Å². The highest BCUT2D eigenvalue weighted by Crippen LogP contribution is 2.31. The van der Waals surface area contributed by atoms with Gasteiger partial charge in [-0.2, -0.15) is 0 Å². The molecular formula is C32H39ClN6O3. The number of carbonyl (C=O) groups is 2. The molecule has 2 fully saturated rings. The standard InChI is InChI=1S/C32H39ClN6O3/c1-22(40)39-13-11-23(12-14-39)17-35-28-15-25(18-34-19-28)29-16-31(36-20-30(29)33)37-26-7-9-27(10-8-26)38-32(41)42-21-24-5-3-2-4-6-24/h2-6,15-16,18-20,23,26-27,35H,7-14,17,21H2,1H3,(H,36,37)(H,38,41). The molecule has 10 heteroatoms. The molecule has 3 heterocycles. The molecule has 2 aromatic heterocycles. The Labute approximate surface area is 252 Å². The van der Waals surface area contributed by atoms with E-state index in [1.165, 1.54) is 0 Å². The van der Waals surface area contributed by atoms with Gasteiger partial charge in [0.25, 0.3) is 0 Å². The molecule has 1 saturated heterocycles. The zero-order valence-corrected chi connectivity index (χ0v) is 24.8. The first-order chi connectivity index (χ1) is 20.4. The van der Waals surface area contributed by atoms with Gasteiger partial charge in [-0.25, -0.2) is 9.78 Å². The SMILES string of the molecule is CC(=O)N1CCC(CNc2cncc(-c3cc(NC4CCC(NC(=O)OCc5ccccc5)CC4)ncc3Cl)c2)CC1. The number of halogens is 1. The summed E-state index contributed by atoms with van der Waals surface area (Å²) in [5, 5.41) is 10.6. The molecule has 42 heavy (non-hydrogen) atoms. The van der Waals surface area contributed by atoms with Crippen molar-refractivity contribution < 1.29 is 14.3 Å². The molecule has 1 saturated carbocycles. The van der Waals surface area contributed by atoms with Gasteiger partial charge in [0.05, 0.1) is 10.7 Å². The highest BCUT2D eigenvalue weighted by molar-refractivity contribution is 6.33. The molecule has 3 N–H and O–H groups in total. The van der Waals surface area contributed by atoms with Crippen molar-refractivity contribution in [1.82, 2.24) is 20.2 Å². The van der Waals surface area contributed by atoms with Crippen LogP contribution in [0.1, 0.15) is 51.0 Å². The number of hydrogen-bond donors (Lipinski definition) is 3. The largest absolute Gasteiger partial charge is 0.445 e. The van der Waals surface area contributed by atoms with E-state index in [4.69, 9.17) is 16.3 Å². The zero-order valence-electron chi connectivity index (χ0n) is 24.0. The van der Waals surface area contributed by atoms with Crippen LogP contribution < -0.4 is 16.0 Å². The molecule has 0 unspecified atom stereocenters. The first kappa shape index (κ1) is 29.6. The van der Waals surface area contributed by atoms with E-state index in [-0.39, 0.29) is 30.7 Å². The Morgan fingerprint density at radius 3 is 2.45 bits per heavy atom. The summed E-state index contributed by atoms with van der Waals surface area (Å²) in [5.74, 6) is 1.45. The lowest BCUT2D eigenvalue weighted by Gasteiger charge is -2.31. The number of nitrogens with one attached hydrogen (secondary N) is 3. The van der Waals surface area contributed by atoms with E-state index in [1.807, 2.05) is 53.7 Å². The van der Waals surface area contributed by atoms with Crippen LogP contribution in [0.5, 0.6) is 0 Å². The highest BCUT2D eigenvalue weighted by atomic mass is 35.5. The van der Waals surface area contributed by atoms with Gasteiger partial charge in [0.2, 0.25) is 5.91 Å². The average molecular weight is 591 g/mol. The van der Waals surface area contributed by atoms with Crippen LogP contribution in [0.15, 0.2) is 61.1 Å². The number of ether oxygens (including phenoxy) is 1. The fourth-order valence-electron chi connectivity index (χ4n) is 5.66. The number of pyridine rings is 2. The van der Waals surface area contributed by atoms with E-state index in [0.717, 1.165) is 86.4 Å². The van der Waals surface area contributed by atoms with E-state index in [0.29, 0.717) is 10.9 Å². The molecule has 1 aliphatic carbocycles. The van der Waals surface area contributed by atoms with Crippen LogP contribution >= 0.6 is 11.6 Å². The molecule has 0 radical (unpaired) electrons. The summed E-state index contributed by atoms with van der Waals surface area (Å²) >= 11 is 6.57. The minimum absolute atomic E-state index is 0.100. The fraction of sp³-hybridized carbons (Fsp3) is 0.438. The number of rotatable bonds is 9. The summed E-state index contributed by atoms with van der Waals surface area (Å²) in [4.78, 5) is 34.7. The smallest absolute Gasteiger partial charge is 0.407 e. The summed E-state index contributed by atoms with van der Waals surface area (Å²) in [5.41, 5.74) is 3.70. The maximum atomic E-state index is 12.2. The van der Waals surface area contributed by atoms with Crippen molar-refractivity contribution in [3.05, 3.63) is 71.6 Å². The molecule has 1 aliphatic heterocycles. The van der Waals surface area contributed by atoms with E-state index in [2.05, 4.69) is 32.0 Å². The van der Waals surface area contributed by atoms with Gasteiger partial charge in [-0.3, -0.25) is 9.78 Å². The van der Waals surface area contributed by atoms with Crippen LogP contribution in [0.25, 0.3) is 11.1 Å². The molecule has 222 valence electrons. The summed E-state index contributed by atoms with van der Waals surface area (Å²) in [6.45, 7) is 4.39. The number of amides is 2. The number of benzene rings is 1. The lowest BCUT2D eigenvalue weighted by Crippen LogP contribution is -2.40. The fourth-order valence-corrected chi connectivity index (χ4v) is 5.87. The van der Waals surface area contributed by atoms with Crippen molar-refractivity contribution in [2.24, 2.45) is 5.92 Å². The Bertz CT molecular complexity index is 1340. The predicted octanol–water partition coefficient (Wildman–Crippen LogP) is 6.12. The van der Waals surface area contributed by atoms with E-state index in [9.17, 15) is 9.59 Å². The summed E-state index contributed by atoms with van der Waals surface area (Å²) < 4.78 is 5.38. The quantitative estimate of drug-likeness (QED) is 0.276. The molecule has 0 bridgehead atoms. The van der Waals surface area contributed by atoms with Crippen molar-refractivity contribution in [2.75, 3.05) is 30.3 Å². The van der Waals surface area contributed by atoms with E-state index >= 15 is 0 Å². The van der Waals surface area contributed by atoms with Crippen molar-refractivity contribution in [3.8, 4) is 11.1 Å². The molecule has 0 spiro atoms. The molecule has 1 aromatic carbocycles. The van der Waals surface area contributed by atoms with Crippen LogP contribution in [0.4, 0.5) is 16.3 Å². The van der Waals surface area contributed by atoms with Crippen LogP contribution in [0, 0.1) is 5.92 Å². The predicted molar refractivity (Wildman–Crippen MR) is 165 cm³/mol. The number of hydrogen-bond acceptors (Lipinski definition) is 7. The molecule has 2 aliphatic rings. The van der Waals surface area contributed by atoms with E-state index < -0.39 is 0 Å². The number of carbonyl (C=O) groups excluding carboxylic acids is 2. The number of anilines is 2. The number of nitrogens with zero attached hydrogens (tertiary/aromatic N) is 3. The van der Waals surface area contributed by atoms with Gasteiger partial charge in [-0.1, -0.05) is 41.9 Å². The molecule has 2 amide bonds. The van der Waals surface area contributed by atoms with Crippen LogP contribution in [0.2, 0.25) is 5.02 Å². The van der Waals surface area contributed by atoms with Gasteiger partial charge >= 0.3 is 6.09 Å². The summed E-state index contributed by atoms with van der Waals surface area (Å²) in [6, 6.07) is 14.1. The number of piperidine rings is 1. The summed E-state index contributed by atoms with van der Waals surface area (Å²) in [6.07, 6.45) is 10.5. The third kappa shape index (κ3) is 8.35. The third-order valence-corrected chi connectivity index (χ3v) is 8.47. The van der Waals surface area contributed by atoms with Gasteiger partial charge in [-0.15, -0.1) is 0 Å². The lowest BCUT2D eigenvalue weighted by molar-refractivity contribution is -0.130. The monoisotopic (exact) mass is 590 g/mol. The first-order valence-electron chi connectivity index (χ1n) is 14.8. The van der Waals surface area contributed by atoms with Crippen LogP contribution in [0.3, 0.4) is 0 Å². The minimum Gasteiger partial charge on any atom is -0.445 e. The molecular weight excluding hydrogens is 552 g/mol. The van der Waals surface area contributed by atoms with Gasteiger partial charge in [0, 0.05) is 68.4 Å². The third-order valence-electron chi connectivity index (χ3n) is 8.17. The molecule has 5 rings (SSSR count). The second kappa shape index (κ2) is 14.4. The number of aromatic nitrogens is 2. The molecule has 9 nitrogen and oxygen atoms in total. The Hall–Kier alpha value is -3.85. The van der Waals surface area contributed by atoms with Gasteiger partial charge in [0.1, 0.15) is 12.4 Å². The van der Waals surface area contributed by atoms with Gasteiger partial charge in [0.15, 0.2) is 0 Å². The van der Waals surface area contributed by atoms with Gasteiger partial charge in [-0.05, 0) is 62.1 Å². The Balaban J connectivity index is 1.10. The first-order valence-corrected chi connectivity index (χ1v) is 15.1. The van der Waals surface area contributed by atoms with Crippen LogP contribution in [-0.2, 0) is 16.1 Å². The molecule has 0 atom stereocenters. The average Bonchev–Trinajstić information content (AvgIpc) is 3.02. The number of alkyl carbamates (subject to hydrolysis) is 1. The molecule has 3 aromatic rings. The Morgan fingerprint density at radius 1 is 0.976 bits per heavy atom. The lowest BCUT2D eigenvalue weighted by atomic mass is 9.91. The zero-order chi connectivity index (χ0) is 29.3. The normalized spacial score (nSPS) is 19.1. The van der Waals surface area contributed by atoms with Crippen molar-refractivity contribution in [3.63, 3.8) is 0 Å². The Morgan fingerprint density at radius 2 is 1.71 bits per heavy atom. The maximum Gasteiger partial charge on any atom is 0.407 e. The van der Waals surface area contributed by atoms with Crippen molar-refractivity contribution in [2.45, 2.75) is 64.1 Å². The highest BCUT2D eigenvalue weighted by Gasteiger charge is 2.24. The topological polar surface area (TPSA) is 108 Å². The van der Waals surface area contributed by atoms with Crippen LogP contribution in [-0.4, -0.2) is 58.6 Å². The van der Waals surface area contributed by atoms with Crippen molar-refractivity contribution in [1.29, 1.82) is 0 Å². The second-order valence-corrected chi connectivity index (χ2v) is 11.6.